The van der Waals surface area contributed by atoms with E-state index in [2.05, 4.69) is 0 Å². The van der Waals surface area contributed by atoms with E-state index in [1.54, 1.807) is 31.2 Å². The zero-order chi connectivity index (χ0) is 13.5. The van der Waals surface area contributed by atoms with Crippen LogP contribution >= 0.6 is 0 Å². The van der Waals surface area contributed by atoms with Gasteiger partial charge in [0.15, 0.2) is 0 Å². The molecule has 18 heavy (non-hydrogen) atoms. The molecule has 1 rings (SSSR count). The number of esters is 1. The fourth-order valence-electron chi connectivity index (χ4n) is 1.49. The summed E-state index contributed by atoms with van der Waals surface area (Å²) in [7, 11) is 0. The minimum Gasteiger partial charge on any atom is -0.462 e. The summed E-state index contributed by atoms with van der Waals surface area (Å²) in [5.74, 6) is -0.485. The lowest BCUT2D eigenvalue weighted by Gasteiger charge is -2.16. The maximum atomic E-state index is 11.5. The Balaban J connectivity index is 2.88. The predicted octanol–water partition coefficient (Wildman–Crippen LogP) is 1.17. The monoisotopic (exact) mass is 249 g/mol. The summed E-state index contributed by atoms with van der Waals surface area (Å²) in [5, 5.41) is 27.8. The van der Waals surface area contributed by atoms with Crippen molar-refractivity contribution in [1.29, 1.82) is 5.26 Å². The molecule has 1 aromatic rings. The highest BCUT2D eigenvalue weighted by atomic mass is 16.5. The Hall–Kier alpha value is -1.90. The molecule has 5 heteroatoms. The molecule has 0 saturated carbocycles. The smallest absolute Gasteiger partial charge is 0.338 e. The van der Waals surface area contributed by atoms with Crippen LogP contribution in [0, 0.1) is 11.3 Å². The molecular weight excluding hydrogens is 234 g/mol. The van der Waals surface area contributed by atoms with Gasteiger partial charge in [-0.2, -0.15) is 5.26 Å². The first-order valence-corrected chi connectivity index (χ1v) is 5.60. The zero-order valence-corrected chi connectivity index (χ0v) is 10.0. The van der Waals surface area contributed by atoms with Crippen molar-refractivity contribution >= 4 is 5.97 Å². The van der Waals surface area contributed by atoms with Crippen molar-refractivity contribution in [1.82, 2.24) is 0 Å². The lowest BCUT2D eigenvalue weighted by molar-refractivity contribution is 0.0215. The van der Waals surface area contributed by atoms with Crippen LogP contribution in [0.3, 0.4) is 0 Å². The Kier molecular flexibility index (Phi) is 5.31. The molecule has 0 aromatic heterocycles. The fourth-order valence-corrected chi connectivity index (χ4v) is 1.49. The number of nitrogens with zero attached hydrogens (tertiary/aromatic N) is 1. The molecule has 96 valence electrons. The lowest BCUT2D eigenvalue weighted by atomic mass is 10.0. The molecule has 2 N–H and O–H groups in total. The second-order valence-electron chi connectivity index (χ2n) is 3.72. The van der Waals surface area contributed by atoms with Crippen LogP contribution in [0.25, 0.3) is 0 Å². The summed E-state index contributed by atoms with van der Waals surface area (Å²) < 4.78 is 4.84. The van der Waals surface area contributed by atoms with Crippen LogP contribution in [-0.4, -0.2) is 28.9 Å². The van der Waals surface area contributed by atoms with Crippen LogP contribution in [0.1, 0.15) is 35.4 Å². The van der Waals surface area contributed by atoms with Crippen LogP contribution in [0.15, 0.2) is 24.3 Å². The number of rotatable bonds is 5. The minimum atomic E-state index is -1.20. The third kappa shape index (κ3) is 3.55. The molecule has 0 heterocycles. The minimum absolute atomic E-state index is 0.176. The highest BCUT2D eigenvalue weighted by molar-refractivity contribution is 5.89. The summed E-state index contributed by atoms with van der Waals surface area (Å²) in [6.45, 7) is 1.97. The maximum Gasteiger partial charge on any atom is 0.338 e. The van der Waals surface area contributed by atoms with Gasteiger partial charge in [0.1, 0.15) is 6.10 Å². The summed E-state index contributed by atoms with van der Waals surface area (Å²) in [4.78, 5) is 11.5. The van der Waals surface area contributed by atoms with E-state index in [1.165, 1.54) is 6.07 Å². The third-order valence-corrected chi connectivity index (χ3v) is 2.40. The number of ether oxygens (including phenoxy) is 1. The standard InChI is InChI=1S/C13H15NO4/c1-2-18-13(17)10-5-3-4-9(8-10)12(16)11(15)6-7-14/h3-5,8,11-12,15-16H,2,6H2,1H3. The second-order valence-corrected chi connectivity index (χ2v) is 3.72. The van der Waals surface area contributed by atoms with Gasteiger partial charge in [0.25, 0.3) is 0 Å². The van der Waals surface area contributed by atoms with Gasteiger partial charge in [0, 0.05) is 0 Å². The van der Waals surface area contributed by atoms with Gasteiger partial charge in [-0.3, -0.25) is 0 Å². The van der Waals surface area contributed by atoms with Crippen molar-refractivity contribution in [3.63, 3.8) is 0 Å². The van der Waals surface area contributed by atoms with Gasteiger partial charge < -0.3 is 14.9 Å². The van der Waals surface area contributed by atoms with Crippen molar-refractivity contribution in [3.05, 3.63) is 35.4 Å². The van der Waals surface area contributed by atoms with E-state index in [9.17, 15) is 15.0 Å². The Morgan fingerprint density at radius 3 is 2.83 bits per heavy atom. The summed E-state index contributed by atoms with van der Waals surface area (Å²) in [6.07, 6.45) is -2.54. The first kappa shape index (κ1) is 14.2. The first-order chi connectivity index (χ1) is 8.60. The van der Waals surface area contributed by atoms with E-state index < -0.39 is 18.2 Å². The Morgan fingerprint density at radius 1 is 1.50 bits per heavy atom. The topological polar surface area (TPSA) is 90.6 Å². The number of hydrogen-bond donors (Lipinski definition) is 2. The van der Waals surface area contributed by atoms with Gasteiger partial charge in [-0.1, -0.05) is 12.1 Å². The molecule has 0 bridgehead atoms. The molecule has 0 radical (unpaired) electrons. The SMILES string of the molecule is CCOC(=O)c1cccc(C(O)C(O)CC#N)c1. The molecule has 2 atom stereocenters. The van der Waals surface area contributed by atoms with E-state index in [-0.39, 0.29) is 13.0 Å². The van der Waals surface area contributed by atoms with E-state index in [0.29, 0.717) is 11.1 Å². The van der Waals surface area contributed by atoms with E-state index in [1.807, 2.05) is 0 Å². The number of nitriles is 1. The van der Waals surface area contributed by atoms with Crippen molar-refractivity contribution < 1.29 is 19.7 Å². The first-order valence-electron chi connectivity index (χ1n) is 5.60. The predicted molar refractivity (Wildman–Crippen MR) is 63.6 cm³/mol. The number of aliphatic hydroxyl groups excluding tert-OH is 2. The third-order valence-electron chi connectivity index (χ3n) is 2.40. The van der Waals surface area contributed by atoms with E-state index >= 15 is 0 Å². The van der Waals surface area contributed by atoms with Crippen molar-refractivity contribution in [2.24, 2.45) is 0 Å². The quantitative estimate of drug-likeness (QED) is 0.764. The largest absolute Gasteiger partial charge is 0.462 e. The van der Waals surface area contributed by atoms with Crippen LogP contribution in [0.2, 0.25) is 0 Å². The van der Waals surface area contributed by atoms with Gasteiger partial charge in [-0.25, -0.2) is 4.79 Å². The summed E-state index contributed by atoms with van der Waals surface area (Å²) in [5.41, 5.74) is 0.681. The molecule has 0 aliphatic rings. The Morgan fingerprint density at radius 2 is 2.22 bits per heavy atom. The van der Waals surface area contributed by atoms with Crippen LogP contribution in [0.4, 0.5) is 0 Å². The van der Waals surface area contributed by atoms with Crippen molar-refractivity contribution in [2.75, 3.05) is 6.61 Å². The normalized spacial score (nSPS) is 13.4. The molecule has 1 aromatic carbocycles. The van der Waals surface area contributed by atoms with Crippen molar-refractivity contribution in [2.45, 2.75) is 25.6 Å². The second kappa shape index (κ2) is 6.74. The average molecular weight is 249 g/mol. The molecule has 0 aliphatic carbocycles. The van der Waals surface area contributed by atoms with E-state index in [4.69, 9.17) is 10.00 Å². The van der Waals surface area contributed by atoms with Gasteiger partial charge >= 0.3 is 5.97 Å². The van der Waals surface area contributed by atoms with Gasteiger partial charge in [-0.05, 0) is 24.6 Å². The highest BCUT2D eigenvalue weighted by Crippen LogP contribution is 2.20. The molecule has 5 nitrogen and oxygen atoms in total. The maximum absolute atomic E-state index is 11.5. The number of hydrogen-bond acceptors (Lipinski definition) is 5. The number of aliphatic hydroxyl groups is 2. The molecule has 0 fully saturated rings. The Bertz CT molecular complexity index is 453. The van der Waals surface area contributed by atoms with Crippen molar-refractivity contribution in [3.8, 4) is 6.07 Å². The molecule has 0 aliphatic heterocycles. The molecule has 0 amide bonds. The molecular formula is C13H15NO4. The molecule has 0 saturated heterocycles. The zero-order valence-electron chi connectivity index (χ0n) is 10.0. The van der Waals surface area contributed by atoms with Crippen LogP contribution < -0.4 is 0 Å². The highest BCUT2D eigenvalue weighted by Gasteiger charge is 2.19. The van der Waals surface area contributed by atoms with Gasteiger partial charge in [0.05, 0.1) is 30.8 Å². The van der Waals surface area contributed by atoms with Gasteiger partial charge in [-0.15, -0.1) is 0 Å². The van der Waals surface area contributed by atoms with E-state index in [0.717, 1.165) is 0 Å². The fraction of sp³-hybridized carbons (Fsp3) is 0.385. The number of benzene rings is 1. The van der Waals surface area contributed by atoms with Crippen LogP contribution in [0.5, 0.6) is 0 Å². The average Bonchev–Trinajstić information content (AvgIpc) is 2.38. The Labute approximate surface area is 105 Å². The van der Waals surface area contributed by atoms with Gasteiger partial charge in [0.2, 0.25) is 0 Å². The lowest BCUT2D eigenvalue weighted by Crippen LogP contribution is -2.18. The summed E-state index contributed by atoms with van der Waals surface area (Å²) >= 11 is 0. The van der Waals surface area contributed by atoms with Crippen LogP contribution in [-0.2, 0) is 4.74 Å². The number of carbonyl (C=O) groups excluding carboxylic acids is 1. The number of carbonyl (C=O) groups is 1. The molecule has 2 unspecified atom stereocenters. The molecule has 0 spiro atoms. The summed E-state index contributed by atoms with van der Waals surface area (Å²) in [6, 6.07) is 7.95.